The van der Waals surface area contributed by atoms with Gasteiger partial charge in [0.05, 0.1) is 12.1 Å². The molecular formula is C21H31NO. The van der Waals surface area contributed by atoms with Crippen molar-refractivity contribution in [2.45, 2.75) is 72.9 Å². The Morgan fingerprint density at radius 1 is 0.913 bits per heavy atom. The Kier molecular flexibility index (Phi) is 3.85. The SMILES string of the molecule is CC(C)(C)C1CCCC2c3ccccc3C(C(C)(C)C)N2C1=O. The second-order valence-corrected chi connectivity index (χ2v) is 9.51. The van der Waals surface area contributed by atoms with Gasteiger partial charge in [-0.1, -0.05) is 72.2 Å². The quantitative estimate of drug-likeness (QED) is 0.619. The highest BCUT2D eigenvalue weighted by atomic mass is 16.2. The van der Waals surface area contributed by atoms with Gasteiger partial charge in [0.2, 0.25) is 5.91 Å². The molecule has 1 aromatic carbocycles. The first-order valence-electron chi connectivity index (χ1n) is 9.03. The van der Waals surface area contributed by atoms with Gasteiger partial charge in [-0.25, -0.2) is 0 Å². The summed E-state index contributed by atoms with van der Waals surface area (Å²) < 4.78 is 0. The van der Waals surface area contributed by atoms with Crippen LogP contribution in [-0.4, -0.2) is 10.8 Å². The van der Waals surface area contributed by atoms with Crippen LogP contribution in [0.1, 0.15) is 84.0 Å². The van der Waals surface area contributed by atoms with Gasteiger partial charge in [0, 0.05) is 5.92 Å². The van der Waals surface area contributed by atoms with Gasteiger partial charge in [-0.3, -0.25) is 4.79 Å². The van der Waals surface area contributed by atoms with E-state index in [1.165, 1.54) is 11.1 Å². The fraction of sp³-hybridized carbons (Fsp3) is 0.667. The zero-order chi connectivity index (χ0) is 17.0. The summed E-state index contributed by atoms with van der Waals surface area (Å²) in [6.07, 6.45) is 3.26. The van der Waals surface area contributed by atoms with Gasteiger partial charge in [0.25, 0.3) is 0 Å². The summed E-state index contributed by atoms with van der Waals surface area (Å²) in [7, 11) is 0. The number of carbonyl (C=O) groups excluding carboxylic acids is 1. The standard InChI is InChI=1S/C21H31NO/c1-20(2,3)16-12-9-13-17-14-10-7-8-11-15(14)18(21(4,5)6)22(17)19(16)23/h7-8,10-11,16-18H,9,12-13H2,1-6H3. The van der Waals surface area contributed by atoms with Crippen LogP contribution in [0.4, 0.5) is 0 Å². The molecule has 0 saturated carbocycles. The van der Waals surface area contributed by atoms with Crippen LogP contribution >= 0.6 is 0 Å². The first kappa shape index (κ1) is 16.5. The third-order valence-corrected chi connectivity index (χ3v) is 5.65. The lowest BCUT2D eigenvalue weighted by Gasteiger charge is -2.41. The zero-order valence-corrected chi connectivity index (χ0v) is 15.5. The molecule has 0 bridgehead atoms. The average Bonchev–Trinajstić information content (AvgIpc) is 2.66. The minimum Gasteiger partial charge on any atom is -0.328 e. The van der Waals surface area contributed by atoms with Gasteiger partial charge in [-0.05, 0) is 34.8 Å². The Balaban J connectivity index is 2.11. The molecule has 3 atom stereocenters. The van der Waals surface area contributed by atoms with Crippen molar-refractivity contribution < 1.29 is 4.79 Å². The van der Waals surface area contributed by atoms with E-state index in [1.807, 2.05) is 0 Å². The van der Waals surface area contributed by atoms with Crippen LogP contribution in [0.3, 0.4) is 0 Å². The van der Waals surface area contributed by atoms with Crippen LogP contribution < -0.4 is 0 Å². The van der Waals surface area contributed by atoms with Crippen LogP contribution in [0.2, 0.25) is 0 Å². The molecular weight excluding hydrogens is 282 g/mol. The van der Waals surface area contributed by atoms with E-state index < -0.39 is 0 Å². The van der Waals surface area contributed by atoms with Crippen LogP contribution in [0, 0.1) is 16.7 Å². The average molecular weight is 313 g/mol. The molecule has 3 unspecified atom stereocenters. The fourth-order valence-corrected chi connectivity index (χ4v) is 4.62. The number of fused-ring (bicyclic) bond motifs is 3. The molecule has 2 aliphatic rings. The monoisotopic (exact) mass is 313 g/mol. The van der Waals surface area contributed by atoms with Crippen molar-refractivity contribution >= 4 is 5.91 Å². The molecule has 1 saturated heterocycles. The highest BCUT2D eigenvalue weighted by Gasteiger charge is 2.50. The topological polar surface area (TPSA) is 20.3 Å². The smallest absolute Gasteiger partial charge is 0.227 e. The first-order chi connectivity index (χ1) is 10.6. The highest BCUT2D eigenvalue weighted by molar-refractivity contribution is 5.82. The zero-order valence-electron chi connectivity index (χ0n) is 15.5. The van der Waals surface area contributed by atoms with E-state index in [0.717, 1.165) is 19.3 Å². The minimum absolute atomic E-state index is 0.0309. The van der Waals surface area contributed by atoms with Crippen LogP contribution in [0.15, 0.2) is 24.3 Å². The molecule has 2 heterocycles. The molecule has 23 heavy (non-hydrogen) atoms. The van der Waals surface area contributed by atoms with E-state index >= 15 is 0 Å². The summed E-state index contributed by atoms with van der Waals surface area (Å²) in [5.74, 6) is 0.503. The van der Waals surface area contributed by atoms with E-state index in [1.54, 1.807) is 0 Å². The maximum absolute atomic E-state index is 13.5. The molecule has 2 nitrogen and oxygen atoms in total. The fourth-order valence-electron chi connectivity index (χ4n) is 4.62. The maximum atomic E-state index is 13.5. The number of carbonyl (C=O) groups is 1. The van der Waals surface area contributed by atoms with Crippen LogP contribution in [0.5, 0.6) is 0 Å². The number of nitrogens with zero attached hydrogens (tertiary/aromatic N) is 1. The lowest BCUT2D eigenvalue weighted by atomic mass is 9.76. The molecule has 2 aliphatic heterocycles. The third-order valence-electron chi connectivity index (χ3n) is 5.65. The lowest BCUT2D eigenvalue weighted by Crippen LogP contribution is -2.43. The van der Waals surface area contributed by atoms with E-state index in [9.17, 15) is 4.79 Å². The number of rotatable bonds is 0. The summed E-state index contributed by atoms with van der Waals surface area (Å²) in [6.45, 7) is 13.4. The summed E-state index contributed by atoms with van der Waals surface area (Å²) in [6, 6.07) is 9.19. The van der Waals surface area contributed by atoms with E-state index in [-0.39, 0.29) is 28.8 Å². The van der Waals surface area contributed by atoms with Gasteiger partial charge in [0.15, 0.2) is 0 Å². The molecule has 1 aromatic rings. The summed E-state index contributed by atoms with van der Waals surface area (Å²) in [4.78, 5) is 15.8. The highest BCUT2D eigenvalue weighted by Crippen LogP contribution is 2.54. The Bertz CT molecular complexity index is 605. The van der Waals surface area contributed by atoms with E-state index in [2.05, 4.69) is 70.7 Å². The van der Waals surface area contributed by atoms with Crippen molar-refractivity contribution in [1.29, 1.82) is 0 Å². The van der Waals surface area contributed by atoms with Gasteiger partial charge >= 0.3 is 0 Å². The molecule has 2 heteroatoms. The molecule has 1 amide bonds. The van der Waals surface area contributed by atoms with Crippen molar-refractivity contribution in [3.8, 4) is 0 Å². The third kappa shape index (κ3) is 2.70. The van der Waals surface area contributed by atoms with Crippen molar-refractivity contribution in [3.05, 3.63) is 35.4 Å². The van der Waals surface area contributed by atoms with Crippen molar-refractivity contribution in [1.82, 2.24) is 4.90 Å². The van der Waals surface area contributed by atoms with Gasteiger partial charge in [-0.2, -0.15) is 0 Å². The molecule has 0 spiro atoms. The molecule has 1 fully saturated rings. The van der Waals surface area contributed by atoms with Crippen LogP contribution in [-0.2, 0) is 4.79 Å². The Morgan fingerprint density at radius 3 is 2.09 bits per heavy atom. The van der Waals surface area contributed by atoms with E-state index in [4.69, 9.17) is 0 Å². The van der Waals surface area contributed by atoms with Crippen molar-refractivity contribution in [2.75, 3.05) is 0 Å². The number of hydrogen-bond acceptors (Lipinski definition) is 1. The van der Waals surface area contributed by atoms with Crippen molar-refractivity contribution in [3.63, 3.8) is 0 Å². The van der Waals surface area contributed by atoms with Gasteiger partial charge in [0.1, 0.15) is 0 Å². The van der Waals surface area contributed by atoms with Gasteiger partial charge < -0.3 is 4.90 Å². The molecule has 0 N–H and O–H groups in total. The summed E-state index contributed by atoms with van der Waals surface area (Å²) in [5, 5.41) is 0. The van der Waals surface area contributed by atoms with E-state index in [0.29, 0.717) is 5.91 Å². The van der Waals surface area contributed by atoms with Crippen LogP contribution in [0.25, 0.3) is 0 Å². The maximum Gasteiger partial charge on any atom is 0.227 e. The number of hydrogen-bond donors (Lipinski definition) is 0. The molecule has 0 aromatic heterocycles. The Morgan fingerprint density at radius 2 is 1.52 bits per heavy atom. The van der Waals surface area contributed by atoms with Crippen molar-refractivity contribution in [2.24, 2.45) is 16.7 Å². The molecule has 0 radical (unpaired) electrons. The second kappa shape index (κ2) is 5.36. The van der Waals surface area contributed by atoms with Gasteiger partial charge in [-0.15, -0.1) is 0 Å². The summed E-state index contributed by atoms with van der Waals surface area (Å²) >= 11 is 0. The minimum atomic E-state index is 0.0309. The molecule has 126 valence electrons. The summed E-state index contributed by atoms with van der Waals surface area (Å²) in [5.41, 5.74) is 2.83. The Labute approximate surface area is 141 Å². The normalized spacial score (nSPS) is 28.3. The molecule has 3 rings (SSSR count). The lowest BCUT2D eigenvalue weighted by molar-refractivity contribution is -0.145. The number of amides is 1. The predicted octanol–water partition coefficient (Wildman–Crippen LogP) is 5.50. The predicted molar refractivity (Wildman–Crippen MR) is 95.0 cm³/mol. The largest absolute Gasteiger partial charge is 0.328 e. The number of benzene rings is 1. The first-order valence-corrected chi connectivity index (χ1v) is 9.03. The Hall–Kier alpha value is -1.31. The molecule has 0 aliphatic carbocycles. The second-order valence-electron chi connectivity index (χ2n) is 9.51.